The highest BCUT2D eigenvalue weighted by molar-refractivity contribution is 5.55. The summed E-state index contributed by atoms with van der Waals surface area (Å²) in [5.74, 6) is 0.638. The molecule has 1 aromatic rings. The molecule has 1 rings (SSSR count). The fourth-order valence-corrected chi connectivity index (χ4v) is 4.76. The minimum atomic E-state index is 0.638. The van der Waals surface area contributed by atoms with E-state index in [1.54, 1.807) is 5.56 Å². The molecule has 0 aliphatic heterocycles. The van der Waals surface area contributed by atoms with Crippen molar-refractivity contribution in [3.05, 3.63) is 27.8 Å². The third kappa shape index (κ3) is 7.45. The van der Waals surface area contributed by atoms with Crippen molar-refractivity contribution in [3.63, 3.8) is 0 Å². The number of benzene rings is 1. The largest absolute Gasteiger partial charge is 0.507 e. The molecular formula is C27H48O. The summed E-state index contributed by atoms with van der Waals surface area (Å²) in [5, 5.41) is 11.1. The Kier molecular flexibility index (Phi) is 13.4. The molecule has 0 fully saturated rings. The summed E-state index contributed by atoms with van der Waals surface area (Å²) < 4.78 is 0. The average Bonchev–Trinajstić information content (AvgIpc) is 2.70. The minimum Gasteiger partial charge on any atom is -0.507 e. The smallest absolute Gasteiger partial charge is 0.122 e. The van der Waals surface area contributed by atoms with Gasteiger partial charge in [-0.3, -0.25) is 0 Å². The van der Waals surface area contributed by atoms with Crippen LogP contribution in [-0.4, -0.2) is 5.11 Å². The van der Waals surface area contributed by atoms with Crippen molar-refractivity contribution in [2.45, 2.75) is 137 Å². The highest BCUT2D eigenvalue weighted by Crippen LogP contribution is 2.37. The molecule has 162 valence electrons. The van der Waals surface area contributed by atoms with Crippen molar-refractivity contribution in [2.24, 2.45) is 0 Å². The molecule has 1 aromatic carbocycles. The van der Waals surface area contributed by atoms with Crippen LogP contribution in [0.1, 0.15) is 133 Å². The van der Waals surface area contributed by atoms with Gasteiger partial charge in [-0.25, -0.2) is 0 Å². The van der Waals surface area contributed by atoms with Gasteiger partial charge in [-0.15, -0.1) is 0 Å². The molecular weight excluding hydrogens is 340 g/mol. The lowest BCUT2D eigenvalue weighted by molar-refractivity contribution is 0.457. The van der Waals surface area contributed by atoms with Gasteiger partial charge in [-0.2, -0.15) is 0 Å². The molecule has 0 heterocycles. The number of rotatable bonds is 16. The van der Waals surface area contributed by atoms with Gasteiger partial charge in [0.1, 0.15) is 5.75 Å². The van der Waals surface area contributed by atoms with Crippen LogP contribution in [0.4, 0.5) is 0 Å². The lowest BCUT2D eigenvalue weighted by Gasteiger charge is -2.24. The molecule has 0 aromatic heterocycles. The molecule has 0 spiro atoms. The van der Waals surface area contributed by atoms with Crippen LogP contribution < -0.4 is 0 Å². The third-order valence-corrected chi connectivity index (χ3v) is 6.30. The third-order valence-electron chi connectivity index (χ3n) is 6.30. The predicted octanol–water partition coefficient (Wildman–Crippen LogP) is 8.50. The molecule has 28 heavy (non-hydrogen) atoms. The van der Waals surface area contributed by atoms with Gasteiger partial charge < -0.3 is 5.11 Å². The fourth-order valence-electron chi connectivity index (χ4n) is 4.76. The maximum Gasteiger partial charge on any atom is 0.122 e. The van der Waals surface area contributed by atoms with Crippen molar-refractivity contribution in [2.75, 3.05) is 0 Å². The Morgan fingerprint density at radius 2 is 0.893 bits per heavy atom. The topological polar surface area (TPSA) is 20.2 Å². The Hall–Kier alpha value is -0.980. The SMILES string of the molecule is CCCCCCCc1c(CCC)c(O)c(CC)c(CC)c1CCCCCCC. The standard InChI is InChI=1S/C27H48O/c1-6-11-13-15-17-20-24-22(9-4)23(10-5)27(28)26(19-8-3)25(24)21-18-16-14-12-7-2/h28H,6-21H2,1-5H3. The van der Waals surface area contributed by atoms with Gasteiger partial charge >= 0.3 is 0 Å². The van der Waals surface area contributed by atoms with E-state index in [2.05, 4.69) is 34.6 Å². The van der Waals surface area contributed by atoms with Crippen LogP contribution in [0.25, 0.3) is 0 Å². The van der Waals surface area contributed by atoms with Gasteiger partial charge in [-0.1, -0.05) is 92.4 Å². The van der Waals surface area contributed by atoms with Crippen molar-refractivity contribution in [3.8, 4) is 5.75 Å². The molecule has 1 heteroatoms. The van der Waals surface area contributed by atoms with Gasteiger partial charge in [0.15, 0.2) is 0 Å². The fraction of sp³-hybridized carbons (Fsp3) is 0.778. The first-order valence-corrected chi connectivity index (χ1v) is 12.5. The average molecular weight is 389 g/mol. The number of hydrogen-bond donors (Lipinski definition) is 1. The quantitative estimate of drug-likeness (QED) is 0.281. The Labute approximate surface area is 176 Å². The molecule has 0 aliphatic rings. The number of hydrogen-bond acceptors (Lipinski definition) is 1. The maximum atomic E-state index is 11.1. The zero-order valence-corrected chi connectivity index (χ0v) is 19.8. The van der Waals surface area contributed by atoms with E-state index in [0.717, 1.165) is 32.1 Å². The Bertz CT molecular complexity index is 544. The van der Waals surface area contributed by atoms with E-state index < -0.39 is 0 Å². The second-order valence-electron chi connectivity index (χ2n) is 8.53. The molecule has 0 saturated carbocycles. The molecule has 0 unspecified atom stereocenters. The lowest BCUT2D eigenvalue weighted by atomic mass is 9.82. The second kappa shape index (κ2) is 14.9. The number of phenolic OH excluding ortho intramolecular Hbond substituents is 1. The number of unbranched alkanes of at least 4 members (excludes halogenated alkanes) is 8. The van der Waals surface area contributed by atoms with Gasteiger partial charge in [0.2, 0.25) is 0 Å². The normalized spacial score (nSPS) is 11.3. The Balaban J connectivity index is 3.16. The Morgan fingerprint density at radius 1 is 0.429 bits per heavy atom. The molecule has 0 radical (unpaired) electrons. The number of aromatic hydroxyl groups is 1. The molecule has 1 N–H and O–H groups in total. The highest BCUT2D eigenvalue weighted by Gasteiger charge is 2.21. The second-order valence-corrected chi connectivity index (χ2v) is 8.53. The van der Waals surface area contributed by atoms with E-state index in [-0.39, 0.29) is 0 Å². The lowest BCUT2D eigenvalue weighted by Crippen LogP contribution is -2.10. The first-order valence-electron chi connectivity index (χ1n) is 12.5. The van der Waals surface area contributed by atoms with Gasteiger partial charge in [-0.05, 0) is 72.8 Å². The molecule has 0 bridgehead atoms. The molecule has 1 nitrogen and oxygen atoms in total. The van der Waals surface area contributed by atoms with Crippen molar-refractivity contribution >= 4 is 0 Å². The summed E-state index contributed by atoms with van der Waals surface area (Å²) >= 11 is 0. The van der Waals surface area contributed by atoms with Crippen LogP contribution in [0.3, 0.4) is 0 Å². The van der Waals surface area contributed by atoms with Crippen LogP contribution in [0.2, 0.25) is 0 Å². The maximum absolute atomic E-state index is 11.1. The first-order chi connectivity index (χ1) is 13.7. The van der Waals surface area contributed by atoms with Crippen molar-refractivity contribution < 1.29 is 5.11 Å². The zero-order chi connectivity index (χ0) is 20.8. The molecule has 0 aliphatic carbocycles. The summed E-state index contributed by atoms with van der Waals surface area (Å²) in [7, 11) is 0. The summed E-state index contributed by atoms with van der Waals surface area (Å²) in [6, 6.07) is 0. The van der Waals surface area contributed by atoms with Crippen LogP contribution in [0, 0.1) is 0 Å². The first kappa shape index (κ1) is 25.1. The monoisotopic (exact) mass is 388 g/mol. The molecule has 0 saturated heterocycles. The summed E-state index contributed by atoms with van der Waals surface area (Å²) in [5.41, 5.74) is 7.15. The number of phenols is 1. The van der Waals surface area contributed by atoms with Gasteiger partial charge in [0.05, 0.1) is 0 Å². The predicted molar refractivity (Wildman–Crippen MR) is 126 cm³/mol. The molecule has 0 amide bonds. The van der Waals surface area contributed by atoms with Crippen molar-refractivity contribution in [1.29, 1.82) is 0 Å². The van der Waals surface area contributed by atoms with Crippen LogP contribution in [0.15, 0.2) is 0 Å². The van der Waals surface area contributed by atoms with E-state index >= 15 is 0 Å². The van der Waals surface area contributed by atoms with E-state index in [4.69, 9.17) is 0 Å². The molecule has 0 atom stereocenters. The Morgan fingerprint density at radius 3 is 1.32 bits per heavy atom. The van der Waals surface area contributed by atoms with Crippen molar-refractivity contribution in [1.82, 2.24) is 0 Å². The van der Waals surface area contributed by atoms with Gasteiger partial charge in [0.25, 0.3) is 0 Å². The minimum absolute atomic E-state index is 0.638. The van der Waals surface area contributed by atoms with Crippen LogP contribution in [-0.2, 0) is 32.1 Å². The summed E-state index contributed by atoms with van der Waals surface area (Å²) in [6.45, 7) is 11.3. The van der Waals surface area contributed by atoms with E-state index in [9.17, 15) is 5.11 Å². The van der Waals surface area contributed by atoms with Gasteiger partial charge in [0, 0.05) is 0 Å². The van der Waals surface area contributed by atoms with E-state index in [1.807, 2.05) is 0 Å². The summed E-state index contributed by atoms with van der Waals surface area (Å²) in [6.07, 6.45) is 19.8. The van der Waals surface area contributed by atoms with Crippen LogP contribution in [0.5, 0.6) is 5.75 Å². The van der Waals surface area contributed by atoms with Crippen LogP contribution >= 0.6 is 0 Å². The highest BCUT2D eigenvalue weighted by atomic mass is 16.3. The summed E-state index contributed by atoms with van der Waals surface area (Å²) in [4.78, 5) is 0. The van der Waals surface area contributed by atoms with E-state index in [1.165, 1.54) is 92.9 Å². The van der Waals surface area contributed by atoms with E-state index in [0.29, 0.717) is 5.75 Å². The zero-order valence-electron chi connectivity index (χ0n) is 19.8.